The van der Waals surface area contributed by atoms with Crippen molar-refractivity contribution in [2.45, 2.75) is 18.4 Å². The quantitative estimate of drug-likeness (QED) is 0.739. The Labute approximate surface area is 125 Å². The molecule has 0 atom stereocenters. The van der Waals surface area contributed by atoms with Crippen LogP contribution in [0.3, 0.4) is 0 Å². The maximum atomic E-state index is 11.7. The van der Waals surface area contributed by atoms with E-state index in [2.05, 4.69) is 10.0 Å². The van der Waals surface area contributed by atoms with Gasteiger partial charge in [-0.1, -0.05) is 24.3 Å². The lowest BCUT2D eigenvalue weighted by Gasteiger charge is -2.11. The lowest BCUT2D eigenvalue weighted by molar-refractivity contribution is 0.588. The van der Waals surface area contributed by atoms with Gasteiger partial charge in [0.1, 0.15) is 4.90 Å². The predicted octanol–water partition coefficient (Wildman–Crippen LogP) is 2.10. The van der Waals surface area contributed by atoms with Gasteiger partial charge in [-0.2, -0.15) is 0 Å². The molecule has 0 aliphatic rings. The molecule has 0 aliphatic carbocycles. The highest BCUT2D eigenvalue weighted by atomic mass is 32.2. The van der Waals surface area contributed by atoms with Crippen molar-refractivity contribution in [1.29, 1.82) is 0 Å². The molecule has 0 spiro atoms. The number of anilines is 2. The van der Waals surface area contributed by atoms with Crippen LogP contribution in [0.1, 0.15) is 11.1 Å². The summed E-state index contributed by atoms with van der Waals surface area (Å²) in [5, 5.41) is 3.24. The van der Waals surface area contributed by atoms with E-state index in [9.17, 15) is 8.42 Å². The fraction of sp³-hybridized carbons (Fsp3) is 0.200. The lowest BCUT2D eigenvalue weighted by atomic mass is 10.1. The Hall–Kier alpha value is -2.05. The molecule has 6 heteroatoms. The van der Waals surface area contributed by atoms with Gasteiger partial charge in [0.15, 0.2) is 0 Å². The highest BCUT2D eigenvalue weighted by Gasteiger charge is 2.15. The number of sulfonamides is 1. The first kappa shape index (κ1) is 15.3. The van der Waals surface area contributed by atoms with E-state index in [-0.39, 0.29) is 10.6 Å². The molecule has 0 heterocycles. The van der Waals surface area contributed by atoms with Gasteiger partial charge < -0.3 is 11.1 Å². The summed E-state index contributed by atoms with van der Waals surface area (Å²) >= 11 is 0. The fourth-order valence-corrected chi connectivity index (χ4v) is 2.86. The van der Waals surface area contributed by atoms with Crippen molar-refractivity contribution < 1.29 is 8.42 Å². The third kappa shape index (κ3) is 3.53. The molecule has 2 aromatic rings. The van der Waals surface area contributed by atoms with Crippen molar-refractivity contribution in [3.8, 4) is 0 Å². The number of nitrogens with two attached hydrogens (primary N) is 1. The summed E-state index contributed by atoms with van der Waals surface area (Å²) in [6.07, 6.45) is 0. The van der Waals surface area contributed by atoms with Crippen molar-refractivity contribution in [3.05, 3.63) is 53.6 Å². The highest BCUT2D eigenvalue weighted by Crippen LogP contribution is 2.22. The van der Waals surface area contributed by atoms with E-state index in [1.165, 1.54) is 24.2 Å². The van der Waals surface area contributed by atoms with Gasteiger partial charge in [0.2, 0.25) is 10.0 Å². The summed E-state index contributed by atoms with van der Waals surface area (Å²) < 4.78 is 25.7. The lowest BCUT2D eigenvalue weighted by Crippen LogP contribution is -2.20. The average Bonchev–Trinajstić information content (AvgIpc) is 2.46. The van der Waals surface area contributed by atoms with Gasteiger partial charge in [0, 0.05) is 12.2 Å². The summed E-state index contributed by atoms with van der Waals surface area (Å²) in [6, 6.07) is 12.9. The minimum Gasteiger partial charge on any atom is -0.398 e. The second kappa shape index (κ2) is 6.15. The third-order valence-electron chi connectivity index (χ3n) is 3.31. The van der Waals surface area contributed by atoms with Crippen molar-refractivity contribution in [3.63, 3.8) is 0 Å². The molecule has 0 radical (unpaired) electrons. The van der Waals surface area contributed by atoms with Crippen LogP contribution in [0.25, 0.3) is 0 Å². The summed E-state index contributed by atoms with van der Waals surface area (Å²) in [6.45, 7) is 2.71. The number of nitrogens with one attached hydrogen (secondary N) is 2. The molecule has 0 aromatic heterocycles. The van der Waals surface area contributed by atoms with Gasteiger partial charge in [-0.3, -0.25) is 0 Å². The van der Waals surface area contributed by atoms with Gasteiger partial charge in [-0.25, -0.2) is 13.1 Å². The Morgan fingerprint density at radius 2 is 1.86 bits per heavy atom. The summed E-state index contributed by atoms with van der Waals surface area (Å²) in [4.78, 5) is 0.0893. The molecule has 0 saturated carbocycles. The number of benzene rings is 2. The second-order valence-electron chi connectivity index (χ2n) is 4.74. The van der Waals surface area contributed by atoms with Crippen LogP contribution in [0.2, 0.25) is 0 Å². The molecular weight excluding hydrogens is 286 g/mol. The Bertz CT molecular complexity index is 742. The molecule has 0 fully saturated rings. The van der Waals surface area contributed by atoms with Crippen LogP contribution in [-0.2, 0) is 16.6 Å². The smallest absolute Gasteiger partial charge is 0.242 e. The number of rotatable bonds is 5. The largest absolute Gasteiger partial charge is 0.398 e. The first-order valence-electron chi connectivity index (χ1n) is 6.55. The molecule has 0 amide bonds. The van der Waals surface area contributed by atoms with Gasteiger partial charge in [0.25, 0.3) is 0 Å². The van der Waals surface area contributed by atoms with Gasteiger partial charge in [-0.15, -0.1) is 0 Å². The van der Waals surface area contributed by atoms with Crippen molar-refractivity contribution in [2.24, 2.45) is 0 Å². The van der Waals surface area contributed by atoms with E-state index >= 15 is 0 Å². The van der Waals surface area contributed by atoms with Crippen LogP contribution in [0.4, 0.5) is 11.4 Å². The Balaban J connectivity index is 2.17. The van der Waals surface area contributed by atoms with E-state index in [0.29, 0.717) is 6.54 Å². The first-order chi connectivity index (χ1) is 9.94. The summed E-state index contributed by atoms with van der Waals surface area (Å²) in [5.41, 5.74) is 9.21. The SMILES string of the molecule is CNS(=O)(=O)c1ccc(NCc2ccccc2C)cc1N. The van der Waals surface area contributed by atoms with E-state index < -0.39 is 10.0 Å². The van der Waals surface area contributed by atoms with Crippen molar-refractivity contribution >= 4 is 21.4 Å². The van der Waals surface area contributed by atoms with E-state index in [4.69, 9.17) is 5.73 Å². The normalized spacial score (nSPS) is 11.3. The topological polar surface area (TPSA) is 84.2 Å². The molecule has 0 unspecified atom stereocenters. The van der Waals surface area contributed by atoms with Crippen LogP contribution in [0.15, 0.2) is 47.4 Å². The predicted molar refractivity (Wildman–Crippen MR) is 85.6 cm³/mol. The maximum absolute atomic E-state index is 11.7. The zero-order valence-electron chi connectivity index (χ0n) is 12.1. The number of hydrogen-bond acceptors (Lipinski definition) is 4. The number of nitrogen functional groups attached to an aromatic ring is 1. The molecule has 2 rings (SSSR count). The molecule has 5 nitrogen and oxygen atoms in total. The van der Waals surface area contributed by atoms with Crippen LogP contribution in [0, 0.1) is 6.92 Å². The zero-order valence-corrected chi connectivity index (χ0v) is 12.9. The van der Waals surface area contributed by atoms with E-state index in [1.807, 2.05) is 31.2 Å². The van der Waals surface area contributed by atoms with Crippen LogP contribution in [0.5, 0.6) is 0 Å². The summed E-state index contributed by atoms with van der Waals surface area (Å²) in [7, 11) is -2.16. The van der Waals surface area contributed by atoms with Crippen LogP contribution < -0.4 is 15.8 Å². The standard InChI is InChI=1S/C15H19N3O2S/c1-11-5-3-4-6-12(11)10-18-13-7-8-15(14(16)9-13)21(19,20)17-2/h3-9,17-18H,10,16H2,1-2H3. The first-order valence-corrected chi connectivity index (χ1v) is 8.04. The Morgan fingerprint density at radius 1 is 1.14 bits per heavy atom. The number of aryl methyl sites for hydroxylation is 1. The van der Waals surface area contributed by atoms with Gasteiger partial charge >= 0.3 is 0 Å². The molecule has 0 bridgehead atoms. The maximum Gasteiger partial charge on any atom is 0.242 e. The molecule has 0 saturated heterocycles. The Morgan fingerprint density at radius 3 is 2.48 bits per heavy atom. The number of hydrogen-bond donors (Lipinski definition) is 3. The van der Waals surface area contributed by atoms with Crippen molar-refractivity contribution in [2.75, 3.05) is 18.1 Å². The van der Waals surface area contributed by atoms with E-state index in [1.54, 1.807) is 12.1 Å². The average molecular weight is 305 g/mol. The van der Waals surface area contributed by atoms with Gasteiger partial charge in [0.05, 0.1) is 5.69 Å². The second-order valence-corrected chi connectivity index (χ2v) is 6.60. The fourth-order valence-electron chi connectivity index (χ4n) is 2.02. The van der Waals surface area contributed by atoms with Crippen LogP contribution in [-0.4, -0.2) is 15.5 Å². The molecule has 2 aromatic carbocycles. The minimum atomic E-state index is -3.52. The minimum absolute atomic E-state index is 0.0893. The Kier molecular flexibility index (Phi) is 4.50. The molecular formula is C15H19N3O2S. The highest BCUT2D eigenvalue weighted by molar-refractivity contribution is 7.89. The molecule has 112 valence electrons. The van der Waals surface area contributed by atoms with Crippen LogP contribution >= 0.6 is 0 Å². The summed E-state index contributed by atoms with van der Waals surface area (Å²) in [5.74, 6) is 0. The molecule has 21 heavy (non-hydrogen) atoms. The van der Waals surface area contributed by atoms with Gasteiger partial charge in [-0.05, 0) is 43.3 Å². The monoisotopic (exact) mass is 305 g/mol. The van der Waals surface area contributed by atoms with Crippen molar-refractivity contribution in [1.82, 2.24) is 4.72 Å². The molecule has 0 aliphatic heterocycles. The zero-order chi connectivity index (χ0) is 15.5. The third-order valence-corrected chi connectivity index (χ3v) is 4.80. The van der Waals surface area contributed by atoms with E-state index in [0.717, 1.165) is 5.69 Å². The molecule has 4 N–H and O–H groups in total.